The Bertz CT molecular complexity index is 3470. The van der Waals surface area contributed by atoms with E-state index < -0.39 is 0 Å². The van der Waals surface area contributed by atoms with Gasteiger partial charge in [0.15, 0.2) is 17.5 Å². The molecule has 266 valence electrons. The van der Waals surface area contributed by atoms with E-state index in [9.17, 15) is 0 Å². The normalized spacial score (nSPS) is 11.9. The van der Waals surface area contributed by atoms with Gasteiger partial charge < -0.3 is 8.83 Å². The van der Waals surface area contributed by atoms with E-state index in [2.05, 4.69) is 97.1 Å². The molecule has 0 spiro atoms. The molecule has 0 atom stereocenters. The summed E-state index contributed by atoms with van der Waals surface area (Å²) in [5, 5.41) is 6.84. The maximum Gasteiger partial charge on any atom is 0.164 e. The van der Waals surface area contributed by atoms with Gasteiger partial charge in [-0.1, -0.05) is 127 Å². The number of nitrogens with zero attached hydrogens (tertiary/aromatic N) is 3. The molecule has 0 radical (unpaired) electrons. The van der Waals surface area contributed by atoms with Gasteiger partial charge in [-0.2, -0.15) is 0 Å². The maximum absolute atomic E-state index is 6.66. The first-order valence-corrected chi connectivity index (χ1v) is 19.7. The van der Waals surface area contributed by atoms with Crippen LogP contribution in [0.4, 0.5) is 0 Å². The van der Waals surface area contributed by atoms with E-state index in [0.717, 1.165) is 82.8 Å². The van der Waals surface area contributed by atoms with Crippen LogP contribution in [0.5, 0.6) is 0 Å². The van der Waals surface area contributed by atoms with Crippen LogP contribution in [0.1, 0.15) is 0 Å². The van der Waals surface area contributed by atoms with Gasteiger partial charge in [-0.25, -0.2) is 15.0 Å². The van der Waals surface area contributed by atoms with Gasteiger partial charge >= 0.3 is 0 Å². The molecule has 0 saturated heterocycles. The third-order valence-corrected chi connectivity index (χ3v) is 12.1. The summed E-state index contributed by atoms with van der Waals surface area (Å²) in [6, 6.07) is 60.9. The van der Waals surface area contributed by atoms with Crippen molar-refractivity contribution in [3.8, 4) is 56.4 Å². The predicted molar refractivity (Wildman–Crippen MR) is 234 cm³/mol. The molecular formula is C51H29N3O2S. The number of para-hydroxylation sites is 2. The molecule has 0 N–H and O–H groups in total. The van der Waals surface area contributed by atoms with E-state index in [0.29, 0.717) is 17.5 Å². The van der Waals surface area contributed by atoms with Crippen LogP contribution < -0.4 is 0 Å². The van der Waals surface area contributed by atoms with Gasteiger partial charge in [0.05, 0.1) is 0 Å². The number of fused-ring (bicyclic) bond motifs is 9. The Kier molecular flexibility index (Phi) is 7.03. The van der Waals surface area contributed by atoms with Crippen molar-refractivity contribution in [3.05, 3.63) is 176 Å². The van der Waals surface area contributed by atoms with Crippen molar-refractivity contribution in [2.45, 2.75) is 0 Å². The Balaban J connectivity index is 1.01. The van der Waals surface area contributed by atoms with Crippen LogP contribution in [-0.2, 0) is 0 Å². The molecule has 0 amide bonds. The molecule has 0 fully saturated rings. The summed E-state index contributed by atoms with van der Waals surface area (Å²) in [7, 11) is 0. The number of hydrogen-bond acceptors (Lipinski definition) is 6. The highest BCUT2D eigenvalue weighted by molar-refractivity contribution is 7.26. The fourth-order valence-electron chi connectivity index (χ4n) is 8.23. The molecule has 0 bridgehead atoms. The van der Waals surface area contributed by atoms with Crippen LogP contribution in [0, 0.1) is 0 Å². The SMILES string of the molecule is c1ccc(-c2nc(-c3ccccc3)nc(-c3ccc4c(c3)oc3cc(-c5cc(-c6cccc7c6oc6ccccc67)c6c(c5)sc5ccccc56)ccc34)n2)cc1. The number of rotatable bonds is 5. The van der Waals surface area contributed by atoms with Crippen molar-refractivity contribution < 1.29 is 8.83 Å². The van der Waals surface area contributed by atoms with Crippen molar-refractivity contribution in [3.63, 3.8) is 0 Å². The summed E-state index contributed by atoms with van der Waals surface area (Å²) in [5.41, 5.74) is 10.6. The van der Waals surface area contributed by atoms with Gasteiger partial charge in [0, 0.05) is 64.0 Å². The fourth-order valence-corrected chi connectivity index (χ4v) is 9.40. The predicted octanol–water partition coefficient (Wildman–Crippen LogP) is 14.4. The van der Waals surface area contributed by atoms with E-state index >= 15 is 0 Å². The van der Waals surface area contributed by atoms with Crippen molar-refractivity contribution in [2.75, 3.05) is 0 Å². The highest BCUT2D eigenvalue weighted by Gasteiger charge is 2.20. The van der Waals surface area contributed by atoms with Gasteiger partial charge in [0.2, 0.25) is 0 Å². The van der Waals surface area contributed by atoms with Gasteiger partial charge in [-0.05, 0) is 65.2 Å². The second kappa shape index (κ2) is 12.6. The summed E-state index contributed by atoms with van der Waals surface area (Å²) in [5.74, 6) is 1.84. The molecular weight excluding hydrogens is 719 g/mol. The number of benzene rings is 8. The molecule has 12 aromatic rings. The highest BCUT2D eigenvalue weighted by Crippen LogP contribution is 2.46. The number of hydrogen-bond donors (Lipinski definition) is 0. The van der Waals surface area contributed by atoms with Gasteiger partial charge in [-0.15, -0.1) is 11.3 Å². The largest absolute Gasteiger partial charge is 0.456 e. The first kappa shape index (κ1) is 31.9. The molecule has 0 aliphatic carbocycles. The molecule has 12 rings (SSSR count). The zero-order chi connectivity index (χ0) is 37.5. The monoisotopic (exact) mass is 747 g/mol. The van der Waals surface area contributed by atoms with Crippen LogP contribution >= 0.6 is 11.3 Å². The first-order valence-electron chi connectivity index (χ1n) is 18.9. The minimum absolute atomic E-state index is 0.592. The fraction of sp³-hybridized carbons (Fsp3) is 0. The Labute approximate surface area is 330 Å². The third-order valence-electron chi connectivity index (χ3n) is 10.9. The Hall–Kier alpha value is -7.41. The Morgan fingerprint density at radius 2 is 0.912 bits per heavy atom. The summed E-state index contributed by atoms with van der Waals surface area (Å²) < 4.78 is 15.7. The van der Waals surface area contributed by atoms with Crippen molar-refractivity contribution in [1.82, 2.24) is 15.0 Å². The second-order valence-electron chi connectivity index (χ2n) is 14.3. The molecule has 0 aliphatic heterocycles. The Morgan fingerprint density at radius 3 is 1.65 bits per heavy atom. The van der Waals surface area contributed by atoms with Crippen LogP contribution in [0.2, 0.25) is 0 Å². The van der Waals surface area contributed by atoms with E-state index in [1.165, 1.54) is 20.2 Å². The molecule has 57 heavy (non-hydrogen) atoms. The zero-order valence-corrected chi connectivity index (χ0v) is 31.1. The van der Waals surface area contributed by atoms with Crippen LogP contribution in [-0.4, -0.2) is 15.0 Å². The lowest BCUT2D eigenvalue weighted by Gasteiger charge is -2.10. The van der Waals surface area contributed by atoms with Gasteiger partial charge in [0.25, 0.3) is 0 Å². The van der Waals surface area contributed by atoms with Crippen molar-refractivity contribution >= 4 is 75.4 Å². The average Bonchev–Trinajstić information content (AvgIpc) is 3.97. The first-order chi connectivity index (χ1) is 28.2. The minimum Gasteiger partial charge on any atom is -0.456 e. The smallest absolute Gasteiger partial charge is 0.164 e. The third kappa shape index (κ3) is 5.19. The average molecular weight is 748 g/mol. The number of furan rings is 2. The maximum atomic E-state index is 6.66. The molecule has 8 aromatic carbocycles. The van der Waals surface area contributed by atoms with E-state index in [1.54, 1.807) is 0 Å². The highest BCUT2D eigenvalue weighted by atomic mass is 32.1. The molecule has 4 heterocycles. The van der Waals surface area contributed by atoms with Gasteiger partial charge in [0.1, 0.15) is 22.3 Å². The summed E-state index contributed by atoms with van der Waals surface area (Å²) in [6.45, 7) is 0. The van der Waals surface area contributed by atoms with Crippen molar-refractivity contribution in [1.29, 1.82) is 0 Å². The second-order valence-corrected chi connectivity index (χ2v) is 15.4. The van der Waals surface area contributed by atoms with Gasteiger partial charge in [-0.3, -0.25) is 0 Å². The standard InChI is InChI=1S/C51H29N3O2S/c1-3-12-30(13-4-1)49-52-50(31-14-5-2-6-15-31)54-51(53-49)33-23-25-37-36-24-22-32(27-43(36)55-44(37)28-33)34-26-41(47-40-17-8-10-21-45(40)57-46(47)29-34)39-19-11-18-38-35-16-7-9-20-42(35)56-48(38)39/h1-29H. The topological polar surface area (TPSA) is 65.0 Å². The molecule has 4 aromatic heterocycles. The van der Waals surface area contributed by atoms with Crippen LogP contribution in [0.25, 0.3) is 120 Å². The molecule has 0 aliphatic rings. The number of thiophene rings is 1. The number of aromatic nitrogens is 3. The summed E-state index contributed by atoms with van der Waals surface area (Å²) >= 11 is 1.83. The van der Waals surface area contributed by atoms with E-state index in [-0.39, 0.29) is 0 Å². The molecule has 6 heteroatoms. The molecule has 0 saturated carbocycles. The minimum atomic E-state index is 0.592. The van der Waals surface area contributed by atoms with E-state index in [1.807, 2.05) is 90.2 Å². The van der Waals surface area contributed by atoms with E-state index in [4.69, 9.17) is 23.8 Å². The van der Waals surface area contributed by atoms with Crippen LogP contribution in [0.15, 0.2) is 185 Å². The Morgan fingerprint density at radius 1 is 0.333 bits per heavy atom. The zero-order valence-electron chi connectivity index (χ0n) is 30.3. The summed E-state index contributed by atoms with van der Waals surface area (Å²) in [6.07, 6.45) is 0. The summed E-state index contributed by atoms with van der Waals surface area (Å²) in [4.78, 5) is 14.8. The van der Waals surface area contributed by atoms with Crippen molar-refractivity contribution in [2.24, 2.45) is 0 Å². The quantitative estimate of drug-likeness (QED) is 0.175. The molecule has 5 nitrogen and oxygen atoms in total. The molecule has 0 unspecified atom stereocenters. The van der Waals surface area contributed by atoms with Crippen LogP contribution in [0.3, 0.4) is 0 Å². The lowest BCUT2D eigenvalue weighted by Crippen LogP contribution is -2.00. The lowest BCUT2D eigenvalue weighted by molar-refractivity contribution is 0.669. The lowest BCUT2D eigenvalue weighted by atomic mass is 9.93.